The van der Waals surface area contributed by atoms with E-state index in [1.54, 1.807) is 4.90 Å². The molecule has 18 heavy (non-hydrogen) atoms. The summed E-state index contributed by atoms with van der Waals surface area (Å²) in [6.07, 6.45) is 3.98. The van der Waals surface area contributed by atoms with E-state index in [2.05, 4.69) is 6.92 Å². The number of hydrogen-bond acceptors (Lipinski definition) is 2. The van der Waals surface area contributed by atoms with E-state index in [1.165, 1.54) is 0 Å². The fourth-order valence-corrected chi connectivity index (χ4v) is 1.95. The van der Waals surface area contributed by atoms with Gasteiger partial charge in [-0.3, -0.25) is 4.79 Å². The number of carbonyl (C=O) groups excluding carboxylic acids is 1. The van der Waals surface area contributed by atoms with Crippen LogP contribution in [-0.4, -0.2) is 30.4 Å². The van der Waals surface area contributed by atoms with Crippen molar-refractivity contribution in [3.63, 3.8) is 0 Å². The summed E-state index contributed by atoms with van der Waals surface area (Å²) in [4.78, 5) is 13.8. The van der Waals surface area contributed by atoms with E-state index in [0.29, 0.717) is 6.42 Å². The highest BCUT2D eigenvalue weighted by atomic mass is 16.2. The Labute approximate surface area is 110 Å². The molecule has 0 heterocycles. The second-order valence-electron chi connectivity index (χ2n) is 4.76. The summed E-state index contributed by atoms with van der Waals surface area (Å²) in [6, 6.07) is 9.48. The smallest absolute Gasteiger partial charge is 0.239 e. The van der Waals surface area contributed by atoms with Gasteiger partial charge in [0.25, 0.3) is 0 Å². The van der Waals surface area contributed by atoms with Gasteiger partial charge in [0.05, 0.1) is 6.04 Å². The Balaban J connectivity index is 2.41. The number of carbonyl (C=O) groups is 1. The maximum Gasteiger partial charge on any atom is 0.239 e. The van der Waals surface area contributed by atoms with Gasteiger partial charge >= 0.3 is 0 Å². The van der Waals surface area contributed by atoms with Crippen LogP contribution in [-0.2, 0) is 11.2 Å². The molecule has 0 radical (unpaired) electrons. The largest absolute Gasteiger partial charge is 0.344 e. The van der Waals surface area contributed by atoms with E-state index in [4.69, 9.17) is 5.73 Å². The molecular weight excluding hydrogens is 224 g/mol. The highest BCUT2D eigenvalue weighted by molar-refractivity contribution is 5.81. The molecule has 100 valence electrons. The zero-order chi connectivity index (χ0) is 13.4. The summed E-state index contributed by atoms with van der Waals surface area (Å²) >= 11 is 0. The first-order valence-corrected chi connectivity index (χ1v) is 6.69. The minimum Gasteiger partial charge on any atom is -0.344 e. The molecule has 1 aromatic rings. The average molecular weight is 248 g/mol. The lowest BCUT2D eigenvalue weighted by molar-refractivity contribution is -0.131. The molecule has 0 aromatic heterocycles. The zero-order valence-corrected chi connectivity index (χ0v) is 11.4. The number of amides is 1. The van der Waals surface area contributed by atoms with Gasteiger partial charge in [0, 0.05) is 13.6 Å². The van der Waals surface area contributed by atoms with Crippen LogP contribution in [0.2, 0.25) is 0 Å². The molecule has 0 aliphatic rings. The first-order chi connectivity index (χ1) is 8.65. The molecule has 0 fully saturated rings. The Morgan fingerprint density at radius 2 is 1.94 bits per heavy atom. The maximum atomic E-state index is 12.0. The van der Waals surface area contributed by atoms with Gasteiger partial charge < -0.3 is 10.6 Å². The minimum atomic E-state index is -0.431. The van der Waals surface area contributed by atoms with Crippen molar-refractivity contribution in [2.45, 2.75) is 38.6 Å². The molecule has 0 saturated carbocycles. The molecule has 0 saturated heterocycles. The highest BCUT2D eigenvalue weighted by Crippen LogP contribution is 2.05. The summed E-state index contributed by atoms with van der Waals surface area (Å²) in [5.74, 6) is 0.0370. The van der Waals surface area contributed by atoms with Crippen LogP contribution in [0, 0.1) is 0 Å². The van der Waals surface area contributed by atoms with Crippen molar-refractivity contribution in [2.75, 3.05) is 13.6 Å². The molecule has 0 aliphatic carbocycles. The number of likely N-dealkylation sites (N-methyl/N-ethyl adjacent to an activating group) is 1. The summed E-state index contributed by atoms with van der Waals surface area (Å²) in [5, 5.41) is 0. The monoisotopic (exact) mass is 248 g/mol. The molecule has 1 rings (SSSR count). The number of rotatable bonds is 7. The van der Waals surface area contributed by atoms with Crippen molar-refractivity contribution in [2.24, 2.45) is 5.73 Å². The molecule has 2 N–H and O–H groups in total. The first-order valence-electron chi connectivity index (χ1n) is 6.69. The minimum absolute atomic E-state index is 0.0370. The van der Waals surface area contributed by atoms with Crippen molar-refractivity contribution >= 4 is 5.91 Å². The van der Waals surface area contributed by atoms with Gasteiger partial charge in [-0.2, -0.15) is 0 Å². The number of nitrogens with zero attached hydrogens (tertiary/aromatic N) is 1. The Morgan fingerprint density at radius 3 is 2.56 bits per heavy atom. The van der Waals surface area contributed by atoms with Crippen LogP contribution < -0.4 is 5.73 Å². The average Bonchev–Trinajstić information content (AvgIpc) is 2.39. The van der Waals surface area contributed by atoms with Crippen molar-refractivity contribution in [1.82, 2.24) is 4.90 Å². The third-order valence-corrected chi connectivity index (χ3v) is 3.09. The SMILES string of the molecule is CCCCCN(C)C(=O)C(N)Cc1ccccc1. The lowest BCUT2D eigenvalue weighted by Crippen LogP contribution is -2.43. The van der Waals surface area contributed by atoms with Crippen molar-refractivity contribution in [1.29, 1.82) is 0 Å². The Kier molecular flexibility index (Phi) is 6.44. The molecule has 1 atom stereocenters. The second kappa shape index (κ2) is 7.88. The molecule has 0 bridgehead atoms. The van der Waals surface area contributed by atoms with E-state index >= 15 is 0 Å². The third-order valence-electron chi connectivity index (χ3n) is 3.09. The standard InChI is InChI=1S/C15H24N2O/c1-3-4-8-11-17(2)15(18)14(16)12-13-9-6-5-7-10-13/h5-7,9-10,14H,3-4,8,11-12,16H2,1-2H3. The zero-order valence-electron chi connectivity index (χ0n) is 11.4. The van der Waals surface area contributed by atoms with Crippen molar-refractivity contribution in [3.05, 3.63) is 35.9 Å². The van der Waals surface area contributed by atoms with Gasteiger partial charge in [0.2, 0.25) is 5.91 Å². The number of benzene rings is 1. The molecule has 0 spiro atoms. The molecule has 3 nitrogen and oxygen atoms in total. The van der Waals surface area contributed by atoms with Crippen LogP contribution in [0.1, 0.15) is 31.7 Å². The third kappa shape index (κ3) is 4.88. The van der Waals surface area contributed by atoms with E-state index in [-0.39, 0.29) is 5.91 Å². The first kappa shape index (κ1) is 14.7. The molecule has 1 unspecified atom stereocenters. The van der Waals surface area contributed by atoms with Crippen LogP contribution in [0.5, 0.6) is 0 Å². The van der Waals surface area contributed by atoms with Gasteiger partial charge in [-0.25, -0.2) is 0 Å². The molecule has 3 heteroatoms. The van der Waals surface area contributed by atoms with Gasteiger partial charge in [-0.15, -0.1) is 0 Å². The van der Waals surface area contributed by atoms with E-state index < -0.39 is 6.04 Å². The van der Waals surface area contributed by atoms with Crippen LogP contribution in [0.25, 0.3) is 0 Å². The lowest BCUT2D eigenvalue weighted by atomic mass is 10.1. The lowest BCUT2D eigenvalue weighted by Gasteiger charge is -2.21. The Hall–Kier alpha value is -1.35. The summed E-state index contributed by atoms with van der Waals surface area (Å²) in [6.45, 7) is 2.96. The summed E-state index contributed by atoms with van der Waals surface area (Å²) in [5.41, 5.74) is 7.07. The van der Waals surface area contributed by atoms with Gasteiger partial charge in [-0.05, 0) is 18.4 Å². The normalized spacial score (nSPS) is 12.2. The van der Waals surface area contributed by atoms with E-state index in [0.717, 1.165) is 31.4 Å². The molecule has 0 aliphatic heterocycles. The number of nitrogens with two attached hydrogens (primary N) is 1. The van der Waals surface area contributed by atoms with Crippen LogP contribution >= 0.6 is 0 Å². The topological polar surface area (TPSA) is 46.3 Å². The van der Waals surface area contributed by atoms with Gasteiger partial charge in [0.15, 0.2) is 0 Å². The van der Waals surface area contributed by atoms with E-state index in [9.17, 15) is 4.79 Å². The quantitative estimate of drug-likeness (QED) is 0.752. The predicted molar refractivity (Wildman–Crippen MR) is 75.3 cm³/mol. The van der Waals surface area contributed by atoms with Crippen LogP contribution in [0.4, 0.5) is 0 Å². The Morgan fingerprint density at radius 1 is 1.28 bits per heavy atom. The maximum absolute atomic E-state index is 12.0. The molecule has 1 aromatic carbocycles. The van der Waals surface area contributed by atoms with E-state index in [1.807, 2.05) is 37.4 Å². The highest BCUT2D eigenvalue weighted by Gasteiger charge is 2.17. The van der Waals surface area contributed by atoms with Gasteiger partial charge in [0.1, 0.15) is 0 Å². The van der Waals surface area contributed by atoms with Crippen LogP contribution in [0.15, 0.2) is 30.3 Å². The molecule has 1 amide bonds. The number of hydrogen-bond donors (Lipinski definition) is 1. The van der Waals surface area contributed by atoms with Crippen molar-refractivity contribution < 1.29 is 4.79 Å². The van der Waals surface area contributed by atoms with Crippen molar-refractivity contribution in [3.8, 4) is 0 Å². The number of unbranched alkanes of at least 4 members (excludes halogenated alkanes) is 2. The van der Waals surface area contributed by atoms with Gasteiger partial charge in [-0.1, -0.05) is 50.1 Å². The molecular formula is C15H24N2O. The summed E-state index contributed by atoms with van der Waals surface area (Å²) < 4.78 is 0. The second-order valence-corrected chi connectivity index (χ2v) is 4.76. The predicted octanol–water partition coefficient (Wildman–Crippen LogP) is 2.21. The fourth-order valence-electron chi connectivity index (χ4n) is 1.95. The van der Waals surface area contributed by atoms with Crippen LogP contribution in [0.3, 0.4) is 0 Å². The Bertz CT molecular complexity index is 351. The summed E-state index contributed by atoms with van der Waals surface area (Å²) in [7, 11) is 1.84. The fraction of sp³-hybridized carbons (Fsp3) is 0.533.